The smallest absolute Gasteiger partial charge is 0.181 e. The zero-order valence-electron chi connectivity index (χ0n) is 14.9. The van der Waals surface area contributed by atoms with Crippen LogP contribution in [0, 0.1) is 13.8 Å². The Morgan fingerprint density at radius 3 is 2.12 bits per heavy atom. The topological polar surface area (TPSA) is 43.1 Å². The molecule has 0 saturated heterocycles. The normalized spacial score (nSPS) is 10.7. The van der Waals surface area contributed by atoms with E-state index < -0.39 is 10.8 Å². The molecule has 24 heavy (non-hydrogen) atoms. The summed E-state index contributed by atoms with van der Waals surface area (Å²) in [6, 6.07) is 15.9. The molecule has 1 heterocycles. The summed E-state index contributed by atoms with van der Waals surface area (Å²) < 4.78 is 16.0. The van der Waals surface area contributed by atoms with E-state index in [0.717, 1.165) is 16.2 Å². The zero-order chi connectivity index (χ0) is 17.9. The van der Waals surface area contributed by atoms with Crippen molar-refractivity contribution in [1.82, 2.24) is 4.98 Å². The van der Waals surface area contributed by atoms with Crippen molar-refractivity contribution >= 4 is 10.8 Å². The number of benzene rings is 2. The van der Waals surface area contributed by atoms with Gasteiger partial charge in [-0.25, -0.2) is 4.98 Å². The Hall–Kier alpha value is -2.20. The van der Waals surface area contributed by atoms with Crippen LogP contribution in [-0.2, 0) is 10.8 Å². The predicted octanol–water partition coefficient (Wildman–Crippen LogP) is 5.41. The Morgan fingerprint density at radius 2 is 1.62 bits per heavy atom. The van der Waals surface area contributed by atoms with Crippen LogP contribution in [0.5, 0.6) is 0 Å². The van der Waals surface area contributed by atoms with Gasteiger partial charge in [-0.15, -0.1) is 0 Å². The van der Waals surface area contributed by atoms with Crippen LogP contribution in [0.25, 0.3) is 11.3 Å². The summed E-state index contributed by atoms with van der Waals surface area (Å²) in [6.07, 6.45) is 4.84. The highest BCUT2D eigenvalue weighted by Gasteiger charge is 1.99. The summed E-state index contributed by atoms with van der Waals surface area (Å²) in [4.78, 5) is 4.76. The third-order valence-corrected chi connectivity index (χ3v) is 4.02. The molecule has 0 aliphatic rings. The molecule has 3 rings (SSSR count). The van der Waals surface area contributed by atoms with E-state index in [-0.39, 0.29) is 0 Å². The maximum Gasteiger partial charge on any atom is 0.181 e. The van der Waals surface area contributed by atoms with E-state index in [2.05, 4.69) is 24.0 Å². The van der Waals surface area contributed by atoms with E-state index in [1.165, 1.54) is 17.5 Å². The molecule has 0 aliphatic heterocycles. The van der Waals surface area contributed by atoms with Crippen LogP contribution in [0.4, 0.5) is 0 Å². The second kappa shape index (κ2) is 10.6. The summed E-state index contributed by atoms with van der Waals surface area (Å²) in [5.41, 5.74) is 3.51. The molecule has 128 valence electrons. The van der Waals surface area contributed by atoms with Crippen LogP contribution >= 0.6 is 0 Å². The van der Waals surface area contributed by atoms with Crippen LogP contribution in [0.15, 0.2) is 70.4 Å². The largest absolute Gasteiger partial charge is 0.444 e. The molecule has 1 aromatic heterocycles. The molecule has 4 heteroatoms. The average Bonchev–Trinajstić information content (AvgIpc) is 3.12. The Balaban J connectivity index is 0.000000221. The number of rotatable bonds is 2. The van der Waals surface area contributed by atoms with Crippen LogP contribution in [0.3, 0.4) is 0 Å². The molecule has 0 bridgehead atoms. The van der Waals surface area contributed by atoms with Crippen LogP contribution in [0.1, 0.15) is 25.0 Å². The first-order valence-corrected chi connectivity index (χ1v) is 9.47. The van der Waals surface area contributed by atoms with Gasteiger partial charge >= 0.3 is 0 Å². The van der Waals surface area contributed by atoms with E-state index in [9.17, 15) is 4.21 Å². The van der Waals surface area contributed by atoms with Crippen molar-refractivity contribution in [3.8, 4) is 11.3 Å². The van der Waals surface area contributed by atoms with Crippen molar-refractivity contribution < 1.29 is 8.63 Å². The quantitative estimate of drug-likeness (QED) is 0.625. The number of hydrogen-bond donors (Lipinski definition) is 0. The van der Waals surface area contributed by atoms with Gasteiger partial charge in [-0.2, -0.15) is 0 Å². The third kappa shape index (κ3) is 6.50. The fourth-order valence-electron chi connectivity index (χ4n) is 1.89. The lowest BCUT2D eigenvalue weighted by atomic mass is 10.1. The second-order valence-corrected chi connectivity index (χ2v) is 6.38. The van der Waals surface area contributed by atoms with E-state index >= 15 is 0 Å². The Kier molecular flexibility index (Phi) is 8.72. The Morgan fingerprint density at radius 1 is 0.958 bits per heavy atom. The first-order valence-electron chi connectivity index (χ1n) is 7.92. The highest BCUT2D eigenvalue weighted by Crippen LogP contribution is 2.18. The number of aryl methyl sites for hydroxylation is 2. The van der Waals surface area contributed by atoms with Gasteiger partial charge in [0, 0.05) is 27.5 Å². The molecule has 2 aromatic carbocycles. The van der Waals surface area contributed by atoms with Crippen molar-refractivity contribution in [3.05, 3.63) is 72.2 Å². The summed E-state index contributed by atoms with van der Waals surface area (Å²) >= 11 is 0. The van der Waals surface area contributed by atoms with E-state index in [1.54, 1.807) is 12.5 Å². The molecule has 0 N–H and O–H groups in total. The van der Waals surface area contributed by atoms with Crippen molar-refractivity contribution in [1.29, 1.82) is 0 Å². The van der Waals surface area contributed by atoms with Gasteiger partial charge in [0.25, 0.3) is 0 Å². The van der Waals surface area contributed by atoms with Gasteiger partial charge in [0.05, 0.1) is 6.20 Å². The fraction of sp³-hybridized carbons (Fsp3) is 0.250. The van der Waals surface area contributed by atoms with Gasteiger partial charge in [0.15, 0.2) is 12.2 Å². The zero-order valence-corrected chi connectivity index (χ0v) is 15.8. The molecule has 3 aromatic rings. The minimum Gasteiger partial charge on any atom is -0.444 e. The highest BCUT2D eigenvalue weighted by molar-refractivity contribution is 7.84. The van der Waals surface area contributed by atoms with Crippen molar-refractivity contribution in [2.45, 2.75) is 32.6 Å². The summed E-state index contributed by atoms with van der Waals surface area (Å²) in [7, 11) is -0.837. The molecule has 0 aliphatic carbocycles. The minimum atomic E-state index is -0.837. The van der Waals surface area contributed by atoms with Gasteiger partial charge in [-0.05, 0) is 32.0 Å². The van der Waals surface area contributed by atoms with Gasteiger partial charge in [-0.3, -0.25) is 4.21 Å². The third-order valence-electron chi connectivity index (χ3n) is 3.09. The van der Waals surface area contributed by atoms with E-state index in [4.69, 9.17) is 4.42 Å². The minimum absolute atomic E-state index is 0.818. The number of hydrogen-bond acceptors (Lipinski definition) is 3. The standard InChI is InChI=1S/C10H9NO.C8H10OS.C2H6/c1-8-3-2-4-9(5-8)10-6-11-7-12-10;1-7-3-5-8(6-4-7)10(2)9;1-2/h2-7H,1H3;3-6H,1-2H3;1-2H3. The van der Waals surface area contributed by atoms with Crippen molar-refractivity contribution in [3.63, 3.8) is 0 Å². The van der Waals surface area contributed by atoms with Crippen LogP contribution in [0.2, 0.25) is 0 Å². The first kappa shape index (κ1) is 19.8. The maximum atomic E-state index is 10.9. The Labute approximate surface area is 147 Å². The molecular formula is C20H25NO2S. The van der Waals surface area contributed by atoms with E-state index in [1.807, 2.05) is 57.2 Å². The molecule has 3 nitrogen and oxygen atoms in total. The summed E-state index contributed by atoms with van der Waals surface area (Å²) in [5.74, 6) is 0.818. The first-order chi connectivity index (χ1) is 11.6. The lowest BCUT2D eigenvalue weighted by Gasteiger charge is -1.96. The number of aromatic nitrogens is 1. The molecule has 0 saturated carbocycles. The number of oxazole rings is 1. The Bertz CT molecular complexity index is 735. The number of nitrogens with zero attached hydrogens (tertiary/aromatic N) is 1. The SMILES string of the molecule is CC.Cc1ccc(S(C)=O)cc1.Cc1cccc(-c2cnco2)c1. The average molecular weight is 343 g/mol. The molecule has 1 unspecified atom stereocenters. The monoisotopic (exact) mass is 343 g/mol. The summed E-state index contributed by atoms with van der Waals surface area (Å²) in [5, 5.41) is 0. The molecule has 0 fully saturated rings. The van der Waals surface area contributed by atoms with Crippen LogP contribution in [-0.4, -0.2) is 15.4 Å². The predicted molar refractivity (Wildman–Crippen MR) is 102 cm³/mol. The maximum absolute atomic E-state index is 10.9. The molecular weight excluding hydrogens is 318 g/mol. The molecule has 1 atom stereocenters. The molecule has 0 radical (unpaired) electrons. The van der Waals surface area contributed by atoms with Gasteiger partial charge < -0.3 is 4.42 Å². The van der Waals surface area contributed by atoms with Crippen molar-refractivity contribution in [2.75, 3.05) is 6.26 Å². The van der Waals surface area contributed by atoms with Gasteiger partial charge in [0.2, 0.25) is 0 Å². The van der Waals surface area contributed by atoms with Gasteiger partial charge in [-0.1, -0.05) is 55.3 Å². The highest BCUT2D eigenvalue weighted by atomic mass is 32.2. The summed E-state index contributed by atoms with van der Waals surface area (Å²) in [6.45, 7) is 8.07. The molecule has 0 amide bonds. The van der Waals surface area contributed by atoms with E-state index in [0.29, 0.717) is 0 Å². The lowest BCUT2D eigenvalue weighted by molar-refractivity contribution is 0.572. The van der Waals surface area contributed by atoms with Crippen LogP contribution < -0.4 is 0 Å². The second-order valence-electron chi connectivity index (χ2n) is 5.00. The molecule has 0 spiro atoms. The lowest BCUT2D eigenvalue weighted by Crippen LogP contribution is -1.85. The van der Waals surface area contributed by atoms with Crippen molar-refractivity contribution in [2.24, 2.45) is 0 Å². The fourth-order valence-corrected chi connectivity index (χ4v) is 2.41. The van der Waals surface area contributed by atoms with Gasteiger partial charge in [0.1, 0.15) is 0 Å².